The third kappa shape index (κ3) is 1.80. The molecule has 4 heteroatoms. The van der Waals surface area contributed by atoms with Crippen molar-refractivity contribution in [2.45, 2.75) is 26.0 Å². The molecule has 0 bridgehead atoms. The van der Waals surface area contributed by atoms with Gasteiger partial charge in [0, 0.05) is 6.54 Å². The Morgan fingerprint density at radius 1 is 1.47 bits per heavy atom. The van der Waals surface area contributed by atoms with E-state index < -0.39 is 7.12 Å². The lowest BCUT2D eigenvalue weighted by atomic mass is 9.77. The molecule has 80 valence electrons. The van der Waals surface area contributed by atoms with Crippen molar-refractivity contribution in [2.75, 3.05) is 7.05 Å². The Labute approximate surface area is 90.6 Å². The third-order valence-corrected chi connectivity index (χ3v) is 2.82. The molecule has 2 rings (SSSR count). The number of hydrogen-bond donors (Lipinski definition) is 2. The van der Waals surface area contributed by atoms with Crippen LogP contribution in [0.1, 0.15) is 25.0 Å². The molecule has 0 atom stereocenters. The Hall–Kier alpha value is -0.835. The number of rotatable bonds is 2. The van der Waals surface area contributed by atoms with E-state index in [4.69, 9.17) is 4.65 Å². The Morgan fingerprint density at radius 2 is 2.20 bits per heavy atom. The first-order valence-electron chi connectivity index (χ1n) is 5.18. The van der Waals surface area contributed by atoms with Crippen LogP contribution < -0.4 is 10.8 Å². The molecule has 3 nitrogen and oxygen atoms in total. The van der Waals surface area contributed by atoms with E-state index in [-0.39, 0.29) is 5.60 Å². The second-order valence-electron chi connectivity index (χ2n) is 4.43. The zero-order chi connectivity index (χ0) is 11.1. The van der Waals surface area contributed by atoms with Gasteiger partial charge in [-0.1, -0.05) is 18.2 Å². The first-order chi connectivity index (χ1) is 7.04. The summed E-state index contributed by atoms with van der Waals surface area (Å²) in [5, 5.41) is 12.9. The van der Waals surface area contributed by atoms with E-state index >= 15 is 0 Å². The van der Waals surface area contributed by atoms with Crippen LogP contribution in [0.15, 0.2) is 18.2 Å². The molecular formula is C11H16BNO2. The largest absolute Gasteiger partial charge is 0.492 e. The van der Waals surface area contributed by atoms with Crippen molar-refractivity contribution in [1.82, 2.24) is 5.32 Å². The normalized spacial score (nSPS) is 18.0. The van der Waals surface area contributed by atoms with Crippen molar-refractivity contribution in [3.05, 3.63) is 29.3 Å². The number of benzene rings is 1. The molecule has 0 fully saturated rings. The molecule has 1 aromatic rings. The minimum Gasteiger partial charge on any atom is -0.423 e. The van der Waals surface area contributed by atoms with Crippen molar-refractivity contribution in [1.29, 1.82) is 0 Å². The summed E-state index contributed by atoms with van der Waals surface area (Å²) in [5.41, 5.74) is 2.76. The van der Waals surface area contributed by atoms with E-state index in [1.807, 2.05) is 33.0 Å². The fourth-order valence-corrected chi connectivity index (χ4v) is 2.08. The molecule has 2 N–H and O–H groups in total. The topological polar surface area (TPSA) is 41.5 Å². The van der Waals surface area contributed by atoms with E-state index in [0.29, 0.717) is 0 Å². The number of fused-ring (bicyclic) bond motifs is 1. The second kappa shape index (κ2) is 3.63. The van der Waals surface area contributed by atoms with E-state index in [1.54, 1.807) is 0 Å². The van der Waals surface area contributed by atoms with Crippen LogP contribution in [0.25, 0.3) is 0 Å². The number of nitrogens with one attached hydrogen (secondary N) is 1. The van der Waals surface area contributed by atoms with Gasteiger partial charge in [0.1, 0.15) is 0 Å². The average molecular weight is 205 g/mol. The van der Waals surface area contributed by atoms with Crippen molar-refractivity contribution in [2.24, 2.45) is 0 Å². The lowest BCUT2D eigenvalue weighted by Gasteiger charge is -2.19. The van der Waals surface area contributed by atoms with Gasteiger partial charge in [-0.3, -0.25) is 0 Å². The highest BCUT2D eigenvalue weighted by Gasteiger charge is 2.40. The van der Waals surface area contributed by atoms with E-state index in [9.17, 15) is 5.02 Å². The molecule has 1 aromatic carbocycles. The van der Waals surface area contributed by atoms with Gasteiger partial charge in [0.25, 0.3) is 0 Å². The Morgan fingerprint density at radius 3 is 2.87 bits per heavy atom. The van der Waals surface area contributed by atoms with Gasteiger partial charge in [0.2, 0.25) is 0 Å². The van der Waals surface area contributed by atoms with Crippen molar-refractivity contribution >= 4 is 12.6 Å². The Balaban J connectivity index is 2.41. The molecule has 0 aliphatic carbocycles. The van der Waals surface area contributed by atoms with Crippen LogP contribution in [0.4, 0.5) is 0 Å². The van der Waals surface area contributed by atoms with Gasteiger partial charge in [0.05, 0.1) is 5.60 Å². The molecule has 0 amide bonds. The highest BCUT2D eigenvalue weighted by atomic mass is 16.5. The second-order valence-corrected chi connectivity index (χ2v) is 4.43. The lowest BCUT2D eigenvalue weighted by molar-refractivity contribution is 0.101. The first-order valence-corrected chi connectivity index (χ1v) is 5.18. The maximum atomic E-state index is 9.77. The summed E-state index contributed by atoms with van der Waals surface area (Å²) in [6, 6.07) is 6.11. The smallest absolute Gasteiger partial charge is 0.423 e. The highest BCUT2D eigenvalue weighted by molar-refractivity contribution is 6.62. The SMILES string of the molecule is CNCc1ccc2c(c1)B(O)OC2(C)C. The third-order valence-electron chi connectivity index (χ3n) is 2.82. The summed E-state index contributed by atoms with van der Waals surface area (Å²) in [5.74, 6) is 0. The Kier molecular flexibility index (Phi) is 2.58. The molecule has 0 spiro atoms. The molecule has 1 aliphatic rings. The van der Waals surface area contributed by atoms with Gasteiger partial charge in [0.15, 0.2) is 0 Å². The van der Waals surface area contributed by atoms with Crippen LogP contribution in [-0.4, -0.2) is 19.2 Å². The Bertz CT molecular complexity index is 379. The molecule has 15 heavy (non-hydrogen) atoms. The quantitative estimate of drug-likeness (QED) is 0.685. The average Bonchev–Trinajstić information content (AvgIpc) is 2.38. The molecular weight excluding hydrogens is 189 g/mol. The summed E-state index contributed by atoms with van der Waals surface area (Å²) in [7, 11) is 1.12. The fraction of sp³-hybridized carbons (Fsp3) is 0.455. The van der Waals surface area contributed by atoms with Crippen LogP contribution in [0.5, 0.6) is 0 Å². The summed E-state index contributed by atoms with van der Waals surface area (Å²) >= 11 is 0. The first kappa shape index (κ1) is 10.7. The van der Waals surface area contributed by atoms with Crippen LogP contribution in [0, 0.1) is 0 Å². The minimum atomic E-state index is -0.785. The molecule has 1 aliphatic heterocycles. The molecule has 1 heterocycles. The molecule has 0 saturated heterocycles. The van der Waals surface area contributed by atoms with Crippen LogP contribution in [0.2, 0.25) is 0 Å². The maximum absolute atomic E-state index is 9.77. The fourth-order valence-electron chi connectivity index (χ4n) is 2.08. The van der Waals surface area contributed by atoms with E-state index in [2.05, 4.69) is 11.4 Å². The molecule has 0 aromatic heterocycles. The minimum absolute atomic E-state index is 0.382. The van der Waals surface area contributed by atoms with Crippen LogP contribution in [-0.2, 0) is 16.8 Å². The number of hydrogen-bond acceptors (Lipinski definition) is 3. The van der Waals surface area contributed by atoms with Gasteiger partial charge in [-0.05, 0) is 37.5 Å². The van der Waals surface area contributed by atoms with Crippen molar-refractivity contribution in [3.8, 4) is 0 Å². The summed E-state index contributed by atoms with van der Waals surface area (Å²) in [6.45, 7) is 4.75. The van der Waals surface area contributed by atoms with Gasteiger partial charge >= 0.3 is 7.12 Å². The van der Waals surface area contributed by atoms with Gasteiger partial charge in [-0.2, -0.15) is 0 Å². The lowest BCUT2D eigenvalue weighted by Crippen LogP contribution is -2.29. The summed E-state index contributed by atoms with van der Waals surface area (Å²) in [6.07, 6.45) is 0. The van der Waals surface area contributed by atoms with Crippen LogP contribution >= 0.6 is 0 Å². The van der Waals surface area contributed by atoms with Crippen LogP contribution in [0.3, 0.4) is 0 Å². The molecule has 0 unspecified atom stereocenters. The van der Waals surface area contributed by atoms with Gasteiger partial charge in [-0.15, -0.1) is 0 Å². The van der Waals surface area contributed by atoms with E-state index in [0.717, 1.165) is 23.1 Å². The van der Waals surface area contributed by atoms with Gasteiger partial charge < -0.3 is 15.0 Å². The van der Waals surface area contributed by atoms with Crippen molar-refractivity contribution < 1.29 is 9.68 Å². The predicted molar refractivity (Wildman–Crippen MR) is 60.9 cm³/mol. The standard InChI is InChI=1S/C11H16BNO2/c1-11(2)9-5-4-8(7-13-3)6-10(9)12(14)15-11/h4-6,13-14H,7H2,1-3H3. The monoisotopic (exact) mass is 205 g/mol. The predicted octanol–water partition coefficient (Wildman–Crippen LogP) is 0.359. The van der Waals surface area contributed by atoms with Crippen molar-refractivity contribution in [3.63, 3.8) is 0 Å². The summed E-state index contributed by atoms with van der Waals surface area (Å²) < 4.78 is 5.49. The van der Waals surface area contributed by atoms with Gasteiger partial charge in [-0.25, -0.2) is 0 Å². The zero-order valence-corrected chi connectivity index (χ0v) is 9.37. The molecule has 0 radical (unpaired) electrons. The maximum Gasteiger partial charge on any atom is 0.492 e. The zero-order valence-electron chi connectivity index (χ0n) is 9.37. The summed E-state index contributed by atoms with van der Waals surface area (Å²) in [4.78, 5) is 0. The molecule has 0 saturated carbocycles. The highest BCUT2D eigenvalue weighted by Crippen LogP contribution is 2.29. The van der Waals surface area contributed by atoms with E-state index in [1.165, 1.54) is 0 Å².